The normalized spacial score (nSPS) is 12.7. The molecule has 0 atom stereocenters. The Balaban J connectivity index is 3.43. The molecule has 0 saturated carbocycles. The van der Waals surface area contributed by atoms with E-state index in [1.165, 1.54) is 0 Å². The molecule has 0 aliphatic heterocycles. The zero-order valence-electron chi connectivity index (χ0n) is 10.1. The van der Waals surface area contributed by atoms with Crippen LogP contribution in [0, 0.1) is 0 Å². The molecule has 20 heavy (non-hydrogen) atoms. The summed E-state index contributed by atoms with van der Waals surface area (Å²) in [5.41, 5.74) is 3.43. The van der Waals surface area contributed by atoms with Crippen LogP contribution in [0.1, 0.15) is 5.56 Å². The van der Waals surface area contributed by atoms with Crippen LogP contribution in [-0.4, -0.2) is 32.2 Å². The van der Waals surface area contributed by atoms with Crippen molar-refractivity contribution in [1.29, 1.82) is 0 Å². The highest BCUT2D eigenvalue weighted by atomic mass is 35.5. The molecule has 1 amide bonds. The van der Waals surface area contributed by atoms with E-state index in [0.29, 0.717) is 10.4 Å². The van der Waals surface area contributed by atoms with Gasteiger partial charge in [0.05, 0.1) is 17.0 Å². The van der Waals surface area contributed by atoms with Gasteiger partial charge in [-0.1, -0.05) is 11.6 Å². The minimum absolute atomic E-state index is 0.256. The van der Waals surface area contributed by atoms with Crippen molar-refractivity contribution in [2.24, 2.45) is 5.73 Å². The molecular formula is C10H10ClF3N2O3S. The standard InChI is InChI=1S/C10H10ClF3N2O3S/c1-16(5-9(15)17)20(18,19)8-3-2-6(11)4-7(8)10(12,13)14/h2-4H,5H2,1H3,(H2,15,17). The minimum Gasteiger partial charge on any atom is -0.369 e. The fourth-order valence-electron chi connectivity index (χ4n) is 1.42. The van der Waals surface area contributed by atoms with Gasteiger partial charge in [0.15, 0.2) is 0 Å². The number of primary amides is 1. The van der Waals surface area contributed by atoms with Crippen LogP contribution in [0.3, 0.4) is 0 Å². The van der Waals surface area contributed by atoms with Crippen molar-refractivity contribution in [3.8, 4) is 0 Å². The quantitative estimate of drug-likeness (QED) is 0.907. The Bertz CT molecular complexity index is 631. The number of hydrogen-bond acceptors (Lipinski definition) is 3. The van der Waals surface area contributed by atoms with Crippen molar-refractivity contribution in [3.63, 3.8) is 0 Å². The van der Waals surface area contributed by atoms with Crippen LogP contribution >= 0.6 is 11.6 Å². The summed E-state index contributed by atoms with van der Waals surface area (Å²) in [5.74, 6) is -0.987. The smallest absolute Gasteiger partial charge is 0.369 e. The average molecular weight is 331 g/mol. The van der Waals surface area contributed by atoms with Gasteiger partial charge in [0.2, 0.25) is 15.9 Å². The van der Waals surface area contributed by atoms with E-state index >= 15 is 0 Å². The van der Waals surface area contributed by atoms with E-state index in [1.54, 1.807) is 0 Å². The molecule has 0 aliphatic carbocycles. The molecule has 10 heteroatoms. The lowest BCUT2D eigenvalue weighted by Gasteiger charge is -2.19. The Hall–Kier alpha value is -1.32. The van der Waals surface area contributed by atoms with E-state index < -0.39 is 39.1 Å². The molecule has 5 nitrogen and oxygen atoms in total. The number of amides is 1. The van der Waals surface area contributed by atoms with Crippen molar-refractivity contribution in [2.45, 2.75) is 11.1 Å². The van der Waals surface area contributed by atoms with E-state index in [0.717, 1.165) is 19.2 Å². The number of nitrogens with two attached hydrogens (primary N) is 1. The van der Waals surface area contributed by atoms with Gasteiger partial charge in [-0.2, -0.15) is 17.5 Å². The summed E-state index contributed by atoms with van der Waals surface area (Å²) in [6.45, 7) is -0.734. The third kappa shape index (κ3) is 3.62. The predicted molar refractivity (Wildman–Crippen MR) is 65.5 cm³/mol. The number of rotatable bonds is 4. The Morgan fingerprint density at radius 3 is 2.40 bits per heavy atom. The molecule has 0 bridgehead atoms. The number of hydrogen-bond donors (Lipinski definition) is 1. The minimum atomic E-state index is -4.90. The van der Waals surface area contributed by atoms with E-state index in [2.05, 4.69) is 0 Å². The van der Waals surface area contributed by atoms with Crippen LogP contribution in [-0.2, 0) is 21.0 Å². The van der Waals surface area contributed by atoms with Gasteiger partial charge in [-0.15, -0.1) is 0 Å². The second kappa shape index (κ2) is 5.58. The Morgan fingerprint density at radius 1 is 1.40 bits per heavy atom. The summed E-state index contributed by atoms with van der Waals surface area (Å²) >= 11 is 5.45. The van der Waals surface area contributed by atoms with Gasteiger partial charge in [-0.25, -0.2) is 8.42 Å². The second-order valence-corrected chi connectivity index (χ2v) is 6.32. The molecular weight excluding hydrogens is 321 g/mol. The summed E-state index contributed by atoms with van der Waals surface area (Å²) < 4.78 is 63.0. The molecule has 0 aromatic heterocycles. The molecule has 0 aliphatic rings. The maximum absolute atomic E-state index is 12.9. The van der Waals surface area contributed by atoms with Crippen LogP contribution < -0.4 is 5.73 Å². The number of sulfonamides is 1. The molecule has 0 fully saturated rings. The molecule has 0 saturated heterocycles. The molecule has 1 aromatic rings. The maximum atomic E-state index is 12.9. The zero-order valence-corrected chi connectivity index (χ0v) is 11.7. The molecule has 0 unspecified atom stereocenters. The topological polar surface area (TPSA) is 80.5 Å². The lowest BCUT2D eigenvalue weighted by molar-refractivity contribution is -0.139. The number of alkyl halides is 3. The highest BCUT2D eigenvalue weighted by Gasteiger charge is 2.38. The lowest BCUT2D eigenvalue weighted by atomic mass is 10.2. The number of likely N-dealkylation sites (N-methyl/N-ethyl adjacent to an activating group) is 1. The molecule has 1 rings (SSSR count). The monoisotopic (exact) mass is 330 g/mol. The van der Waals surface area contributed by atoms with Crippen LogP contribution in [0.5, 0.6) is 0 Å². The van der Waals surface area contributed by atoms with Gasteiger partial charge in [-0.05, 0) is 18.2 Å². The largest absolute Gasteiger partial charge is 0.417 e. The summed E-state index contributed by atoms with van der Waals surface area (Å²) in [4.78, 5) is 9.71. The first kappa shape index (κ1) is 16.7. The fourth-order valence-corrected chi connectivity index (χ4v) is 2.92. The van der Waals surface area contributed by atoms with Crippen LogP contribution in [0.15, 0.2) is 23.1 Å². The Labute approximate surface area is 118 Å². The number of carbonyl (C=O) groups excluding carboxylic acids is 1. The third-order valence-corrected chi connectivity index (χ3v) is 4.41. The Kier molecular flexibility index (Phi) is 4.67. The van der Waals surface area contributed by atoms with E-state index in [9.17, 15) is 26.4 Å². The zero-order chi connectivity index (χ0) is 15.7. The summed E-state index contributed by atoms with van der Waals surface area (Å²) in [6.07, 6.45) is -4.90. The lowest BCUT2D eigenvalue weighted by Crippen LogP contribution is -2.36. The predicted octanol–water partition coefficient (Wildman–Crippen LogP) is 1.46. The fraction of sp³-hybridized carbons (Fsp3) is 0.300. The summed E-state index contributed by atoms with van der Waals surface area (Å²) in [7, 11) is -3.56. The van der Waals surface area contributed by atoms with Crippen LogP contribution in [0.25, 0.3) is 0 Å². The van der Waals surface area contributed by atoms with E-state index in [1.807, 2.05) is 0 Å². The average Bonchev–Trinajstić information content (AvgIpc) is 2.26. The molecule has 0 heterocycles. The molecule has 112 valence electrons. The molecule has 0 spiro atoms. The van der Waals surface area contributed by atoms with Gasteiger partial charge in [-0.3, -0.25) is 4.79 Å². The highest BCUT2D eigenvalue weighted by Crippen LogP contribution is 2.36. The first-order valence-corrected chi connectivity index (χ1v) is 6.89. The highest BCUT2D eigenvalue weighted by molar-refractivity contribution is 7.89. The first-order valence-electron chi connectivity index (χ1n) is 5.07. The molecule has 1 aromatic carbocycles. The van der Waals surface area contributed by atoms with Crippen molar-refractivity contribution >= 4 is 27.5 Å². The van der Waals surface area contributed by atoms with E-state index in [-0.39, 0.29) is 5.02 Å². The van der Waals surface area contributed by atoms with E-state index in [4.69, 9.17) is 17.3 Å². The van der Waals surface area contributed by atoms with Gasteiger partial charge >= 0.3 is 6.18 Å². The second-order valence-electron chi connectivity index (χ2n) is 3.87. The van der Waals surface area contributed by atoms with Crippen molar-refractivity contribution in [3.05, 3.63) is 28.8 Å². The number of benzene rings is 1. The third-order valence-electron chi connectivity index (χ3n) is 2.31. The molecule has 2 N–H and O–H groups in total. The first-order chi connectivity index (χ1) is 8.96. The van der Waals surface area contributed by atoms with Crippen molar-refractivity contribution < 1.29 is 26.4 Å². The van der Waals surface area contributed by atoms with Crippen molar-refractivity contribution in [1.82, 2.24) is 4.31 Å². The van der Waals surface area contributed by atoms with Crippen LogP contribution in [0.4, 0.5) is 13.2 Å². The van der Waals surface area contributed by atoms with Gasteiger partial charge < -0.3 is 5.73 Å². The summed E-state index contributed by atoms with van der Waals surface area (Å²) in [6, 6.07) is 2.26. The number of halogens is 4. The SMILES string of the molecule is CN(CC(N)=O)S(=O)(=O)c1ccc(Cl)cc1C(F)(F)F. The summed E-state index contributed by atoms with van der Waals surface area (Å²) in [5, 5.41) is -0.256. The van der Waals surface area contributed by atoms with Gasteiger partial charge in [0.25, 0.3) is 0 Å². The Morgan fingerprint density at radius 2 is 1.95 bits per heavy atom. The van der Waals surface area contributed by atoms with Crippen molar-refractivity contribution in [2.75, 3.05) is 13.6 Å². The number of carbonyl (C=O) groups is 1. The van der Waals surface area contributed by atoms with Gasteiger partial charge in [0.1, 0.15) is 0 Å². The van der Waals surface area contributed by atoms with Crippen LogP contribution in [0.2, 0.25) is 5.02 Å². The maximum Gasteiger partial charge on any atom is 0.417 e. The number of nitrogens with zero attached hydrogens (tertiary/aromatic N) is 1. The van der Waals surface area contributed by atoms with Gasteiger partial charge in [0, 0.05) is 12.1 Å². The molecule has 0 radical (unpaired) electrons.